The summed E-state index contributed by atoms with van der Waals surface area (Å²) >= 11 is 0. The van der Waals surface area contributed by atoms with Crippen molar-refractivity contribution in [3.63, 3.8) is 0 Å². The molecular weight excluding hydrogens is 396 g/mol. The lowest BCUT2D eigenvalue weighted by atomic mass is 9.84. The number of benzene rings is 2. The number of carbonyl (C=O) groups is 1. The van der Waals surface area contributed by atoms with Crippen LogP contribution in [0.2, 0.25) is 0 Å². The Hall–Kier alpha value is -3.47. The highest BCUT2D eigenvalue weighted by molar-refractivity contribution is 5.96. The molecule has 0 N–H and O–H groups in total. The smallest absolute Gasteiger partial charge is 0.250 e. The van der Waals surface area contributed by atoms with Crippen molar-refractivity contribution in [3.05, 3.63) is 90.2 Å². The zero-order chi connectivity index (χ0) is 21.5. The van der Waals surface area contributed by atoms with Crippen LogP contribution in [-0.2, 0) is 4.79 Å². The molecule has 160 valence electrons. The molecule has 5 nitrogen and oxygen atoms in total. The first-order valence-corrected chi connectivity index (χ1v) is 11.4. The van der Waals surface area contributed by atoms with Gasteiger partial charge in [0.05, 0.1) is 17.2 Å². The molecule has 2 saturated heterocycles. The van der Waals surface area contributed by atoms with Crippen LogP contribution in [0.5, 0.6) is 0 Å². The summed E-state index contributed by atoms with van der Waals surface area (Å²) < 4.78 is 0. The van der Waals surface area contributed by atoms with Crippen LogP contribution in [0.25, 0.3) is 11.0 Å². The number of hydrogen-bond acceptors (Lipinski definition) is 4. The Balaban J connectivity index is 1.16. The number of nitrogens with zero attached hydrogens (tertiary/aromatic N) is 4. The molecule has 3 aliphatic rings. The van der Waals surface area contributed by atoms with Crippen molar-refractivity contribution in [2.45, 2.75) is 12.3 Å². The predicted octanol–water partition coefficient (Wildman–Crippen LogP) is 4.19. The number of para-hydroxylation sites is 2. The quantitative estimate of drug-likeness (QED) is 0.635. The average Bonchev–Trinajstić information content (AvgIpc) is 3.44. The van der Waals surface area contributed by atoms with E-state index in [2.05, 4.69) is 45.1 Å². The van der Waals surface area contributed by atoms with Crippen LogP contribution < -0.4 is 4.90 Å². The molecule has 1 amide bonds. The molecule has 1 aromatic heterocycles. The van der Waals surface area contributed by atoms with Gasteiger partial charge in [-0.05, 0) is 24.1 Å². The SMILES string of the molecule is O=C(C1=CC=CCC1c1ccccc1)N1CC2CN(c3cnc4ccccc4n3)CC2C1. The average molecular weight is 423 g/mol. The van der Waals surface area contributed by atoms with E-state index in [0.29, 0.717) is 11.8 Å². The van der Waals surface area contributed by atoms with E-state index in [1.54, 1.807) is 0 Å². The number of aromatic nitrogens is 2. The van der Waals surface area contributed by atoms with Crippen molar-refractivity contribution < 1.29 is 4.79 Å². The molecule has 0 saturated carbocycles. The lowest BCUT2D eigenvalue weighted by Gasteiger charge is -2.27. The van der Waals surface area contributed by atoms with Gasteiger partial charge in [-0.1, -0.05) is 60.7 Å². The monoisotopic (exact) mass is 422 g/mol. The second-order valence-corrected chi connectivity index (χ2v) is 9.10. The second-order valence-electron chi connectivity index (χ2n) is 9.10. The topological polar surface area (TPSA) is 49.3 Å². The first-order valence-electron chi connectivity index (χ1n) is 11.4. The normalized spacial score (nSPS) is 24.6. The van der Waals surface area contributed by atoms with Gasteiger partial charge < -0.3 is 9.80 Å². The zero-order valence-corrected chi connectivity index (χ0v) is 18.0. The minimum Gasteiger partial charge on any atom is -0.355 e. The minimum absolute atomic E-state index is 0.151. The molecule has 32 heavy (non-hydrogen) atoms. The van der Waals surface area contributed by atoms with Gasteiger partial charge in [0.15, 0.2) is 0 Å². The van der Waals surface area contributed by atoms with Crippen molar-refractivity contribution >= 4 is 22.8 Å². The highest BCUT2D eigenvalue weighted by Gasteiger charge is 2.43. The van der Waals surface area contributed by atoms with Crippen LogP contribution >= 0.6 is 0 Å². The van der Waals surface area contributed by atoms with E-state index in [1.807, 2.05) is 48.7 Å². The number of hydrogen-bond donors (Lipinski definition) is 0. The van der Waals surface area contributed by atoms with Crippen molar-refractivity contribution in [3.8, 4) is 0 Å². The van der Waals surface area contributed by atoms with Crippen LogP contribution in [0.3, 0.4) is 0 Å². The van der Waals surface area contributed by atoms with Gasteiger partial charge in [-0.25, -0.2) is 4.98 Å². The van der Waals surface area contributed by atoms with Gasteiger partial charge in [0.1, 0.15) is 5.82 Å². The van der Waals surface area contributed by atoms with Crippen LogP contribution in [-0.4, -0.2) is 47.0 Å². The van der Waals surface area contributed by atoms with E-state index in [4.69, 9.17) is 4.98 Å². The minimum atomic E-state index is 0.151. The molecule has 0 radical (unpaired) electrons. The lowest BCUT2D eigenvalue weighted by molar-refractivity contribution is -0.126. The number of anilines is 1. The van der Waals surface area contributed by atoms with Crippen molar-refractivity contribution in [2.24, 2.45) is 11.8 Å². The standard InChI is InChI=1S/C27H26N4O/c32-27(23-11-5-4-10-22(23)19-8-2-1-3-9-19)31-17-20-15-30(16-21(20)18-31)26-14-28-24-12-6-7-13-25(24)29-26/h1-9,11-14,20-22H,10,15-18H2. The number of fused-ring (bicyclic) bond motifs is 2. The zero-order valence-electron chi connectivity index (χ0n) is 18.0. The van der Waals surface area contributed by atoms with Crippen LogP contribution in [0.15, 0.2) is 84.6 Å². The molecule has 1 aliphatic carbocycles. The predicted molar refractivity (Wildman–Crippen MR) is 126 cm³/mol. The molecule has 0 bridgehead atoms. The first-order chi connectivity index (χ1) is 15.8. The van der Waals surface area contributed by atoms with E-state index < -0.39 is 0 Å². The summed E-state index contributed by atoms with van der Waals surface area (Å²) in [5.41, 5.74) is 4.01. The maximum atomic E-state index is 13.5. The number of amides is 1. The third kappa shape index (κ3) is 3.38. The first kappa shape index (κ1) is 19.2. The van der Waals surface area contributed by atoms with E-state index in [0.717, 1.165) is 55.0 Å². The third-order valence-corrected chi connectivity index (χ3v) is 7.14. The lowest BCUT2D eigenvalue weighted by Crippen LogP contribution is -2.35. The molecule has 3 atom stereocenters. The van der Waals surface area contributed by atoms with Gasteiger partial charge in [-0.3, -0.25) is 9.78 Å². The van der Waals surface area contributed by atoms with Crippen molar-refractivity contribution in [1.82, 2.24) is 14.9 Å². The molecule has 3 unspecified atom stereocenters. The summed E-state index contributed by atoms with van der Waals surface area (Å²) in [7, 11) is 0. The van der Waals surface area contributed by atoms with E-state index in [1.165, 1.54) is 5.56 Å². The highest BCUT2D eigenvalue weighted by Crippen LogP contribution is 2.37. The number of rotatable bonds is 3. The highest BCUT2D eigenvalue weighted by atomic mass is 16.2. The Morgan fingerprint density at radius 1 is 0.875 bits per heavy atom. The maximum absolute atomic E-state index is 13.5. The van der Waals surface area contributed by atoms with Gasteiger partial charge in [-0.2, -0.15) is 0 Å². The van der Waals surface area contributed by atoms with Gasteiger partial charge >= 0.3 is 0 Å². The summed E-state index contributed by atoms with van der Waals surface area (Å²) in [5, 5.41) is 0. The number of likely N-dealkylation sites (tertiary alicyclic amines) is 1. The van der Waals surface area contributed by atoms with Crippen molar-refractivity contribution in [2.75, 3.05) is 31.1 Å². The molecule has 2 aromatic carbocycles. The fourth-order valence-electron chi connectivity index (χ4n) is 5.48. The van der Waals surface area contributed by atoms with Gasteiger partial charge in [0.2, 0.25) is 5.91 Å². The number of carbonyl (C=O) groups excluding carboxylic acids is 1. The Morgan fingerprint density at radius 3 is 2.38 bits per heavy atom. The van der Waals surface area contributed by atoms with E-state index in [9.17, 15) is 4.79 Å². The summed E-state index contributed by atoms with van der Waals surface area (Å²) in [5.74, 6) is 2.28. The maximum Gasteiger partial charge on any atom is 0.250 e. The van der Waals surface area contributed by atoms with Crippen LogP contribution in [0.4, 0.5) is 5.82 Å². The Bertz CT molecular complexity index is 1200. The number of allylic oxidation sites excluding steroid dienone is 3. The molecule has 6 rings (SSSR count). The summed E-state index contributed by atoms with van der Waals surface area (Å²) in [6.07, 6.45) is 8.99. The Morgan fingerprint density at radius 2 is 1.59 bits per heavy atom. The summed E-state index contributed by atoms with van der Waals surface area (Å²) in [6, 6.07) is 18.4. The molecule has 3 heterocycles. The largest absolute Gasteiger partial charge is 0.355 e. The third-order valence-electron chi connectivity index (χ3n) is 7.14. The molecule has 3 aromatic rings. The van der Waals surface area contributed by atoms with Crippen LogP contribution in [0.1, 0.15) is 17.9 Å². The molecular formula is C27H26N4O. The fraction of sp³-hybridized carbons (Fsp3) is 0.296. The van der Waals surface area contributed by atoms with E-state index >= 15 is 0 Å². The molecule has 2 fully saturated rings. The van der Waals surface area contributed by atoms with Crippen molar-refractivity contribution in [1.29, 1.82) is 0 Å². The fourth-order valence-corrected chi connectivity index (χ4v) is 5.48. The summed E-state index contributed by atoms with van der Waals surface area (Å²) in [6.45, 7) is 3.51. The molecule has 5 heteroatoms. The Kier molecular flexibility index (Phi) is 4.75. The summed E-state index contributed by atoms with van der Waals surface area (Å²) in [4.78, 5) is 27.3. The van der Waals surface area contributed by atoms with Gasteiger partial charge in [0, 0.05) is 49.5 Å². The molecule has 2 aliphatic heterocycles. The molecule has 0 spiro atoms. The van der Waals surface area contributed by atoms with Gasteiger partial charge in [-0.15, -0.1) is 0 Å². The second kappa shape index (κ2) is 7.90. The Labute approximate surface area is 188 Å². The van der Waals surface area contributed by atoms with Gasteiger partial charge in [0.25, 0.3) is 0 Å². The van der Waals surface area contributed by atoms with E-state index in [-0.39, 0.29) is 11.8 Å². The van der Waals surface area contributed by atoms with Crippen LogP contribution in [0, 0.1) is 11.8 Å².